The van der Waals surface area contributed by atoms with E-state index in [1.165, 1.54) is 23.5 Å². The summed E-state index contributed by atoms with van der Waals surface area (Å²) < 4.78 is 19.5. The molecule has 0 atom stereocenters. The number of amides is 2. The molecule has 0 aliphatic rings. The van der Waals surface area contributed by atoms with Crippen molar-refractivity contribution in [2.45, 2.75) is 19.4 Å². The Bertz CT molecular complexity index is 1650. The zero-order valence-electron chi connectivity index (χ0n) is 21.5. The van der Waals surface area contributed by atoms with Crippen LogP contribution in [0, 0.1) is 5.82 Å². The molecule has 0 unspecified atom stereocenters. The van der Waals surface area contributed by atoms with Gasteiger partial charge in [0, 0.05) is 30.1 Å². The van der Waals surface area contributed by atoms with Crippen molar-refractivity contribution in [2.75, 3.05) is 18.9 Å². The Morgan fingerprint density at radius 3 is 2.44 bits per heavy atom. The molecule has 0 saturated heterocycles. The molecule has 5 aromatic rings. The van der Waals surface area contributed by atoms with Crippen molar-refractivity contribution in [2.24, 2.45) is 0 Å². The van der Waals surface area contributed by atoms with Gasteiger partial charge in [-0.1, -0.05) is 29.5 Å². The van der Waals surface area contributed by atoms with E-state index in [9.17, 15) is 14.0 Å². The highest BCUT2D eigenvalue weighted by Gasteiger charge is 2.23. The third kappa shape index (κ3) is 5.65. The van der Waals surface area contributed by atoms with E-state index in [-0.39, 0.29) is 17.6 Å². The van der Waals surface area contributed by atoms with E-state index in [4.69, 9.17) is 4.42 Å². The summed E-state index contributed by atoms with van der Waals surface area (Å²) in [5.74, 6) is -0.546. The van der Waals surface area contributed by atoms with E-state index >= 15 is 0 Å². The third-order valence-corrected chi connectivity index (χ3v) is 6.85. The number of furan rings is 1. The molecule has 2 aromatic heterocycles. The number of benzene rings is 3. The molecule has 0 aliphatic heterocycles. The van der Waals surface area contributed by atoms with Crippen LogP contribution in [0.5, 0.6) is 0 Å². The minimum absolute atomic E-state index is 0.213. The zero-order valence-corrected chi connectivity index (χ0v) is 22.4. The summed E-state index contributed by atoms with van der Waals surface area (Å²) in [4.78, 5) is 26.0. The van der Waals surface area contributed by atoms with Gasteiger partial charge in [0.15, 0.2) is 0 Å². The molecule has 198 valence electrons. The first-order chi connectivity index (χ1) is 18.7. The molecule has 39 heavy (non-hydrogen) atoms. The second-order valence-electron chi connectivity index (χ2n) is 9.62. The Hall–Kier alpha value is -4.57. The van der Waals surface area contributed by atoms with Gasteiger partial charge in [-0.15, -0.1) is 10.2 Å². The standard InChI is InChI=1S/C29H26FN5O3S/c1-29(2,15-32-28-35-33-16-39-28)34-26(36)20-6-4-5-18(13-20)19-9-12-23-22(14-19)24(27(37)31-3)25(38-23)17-7-10-21(30)11-8-17/h4-14,16H,15H2,1-3H3,(H,31,37)(H,32,35)(H,34,36). The molecule has 5 rings (SSSR count). The molecular formula is C29H26FN5O3S. The number of nitrogens with one attached hydrogen (secondary N) is 3. The van der Waals surface area contributed by atoms with Crippen LogP contribution < -0.4 is 16.0 Å². The van der Waals surface area contributed by atoms with E-state index in [1.807, 2.05) is 44.2 Å². The Morgan fingerprint density at radius 1 is 0.974 bits per heavy atom. The average Bonchev–Trinajstić information content (AvgIpc) is 3.59. The quantitative estimate of drug-likeness (QED) is 0.230. The number of nitrogens with zero attached hydrogens (tertiary/aromatic N) is 2. The summed E-state index contributed by atoms with van der Waals surface area (Å²) in [5.41, 5.74) is 4.69. The normalized spacial score (nSPS) is 11.4. The molecular weight excluding hydrogens is 517 g/mol. The van der Waals surface area contributed by atoms with Crippen molar-refractivity contribution < 1.29 is 18.4 Å². The van der Waals surface area contributed by atoms with Gasteiger partial charge in [0.2, 0.25) is 5.13 Å². The number of rotatable bonds is 8. The molecule has 0 spiro atoms. The summed E-state index contributed by atoms with van der Waals surface area (Å²) in [7, 11) is 1.55. The highest BCUT2D eigenvalue weighted by Crippen LogP contribution is 2.36. The molecule has 3 N–H and O–H groups in total. The van der Waals surface area contributed by atoms with E-state index in [0.717, 1.165) is 11.1 Å². The topological polar surface area (TPSA) is 109 Å². The van der Waals surface area contributed by atoms with Crippen LogP contribution in [0.2, 0.25) is 0 Å². The van der Waals surface area contributed by atoms with Gasteiger partial charge in [0.1, 0.15) is 22.7 Å². The molecule has 3 aromatic carbocycles. The first-order valence-electron chi connectivity index (χ1n) is 12.2. The SMILES string of the molecule is CNC(=O)c1c(-c2ccc(F)cc2)oc2ccc(-c3cccc(C(=O)NC(C)(C)CNc4nncs4)c3)cc12. The fraction of sp³-hybridized carbons (Fsp3) is 0.172. The minimum Gasteiger partial charge on any atom is -0.455 e. The fourth-order valence-corrected chi connectivity index (χ4v) is 4.69. The predicted octanol–water partition coefficient (Wildman–Crippen LogP) is 5.74. The van der Waals surface area contributed by atoms with Crippen molar-refractivity contribution in [3.8, 4) is 22.5 Å². The second-order valence-corrected chi connectivity index (χ2v) is 10.5. The van der Waals surface area contributed by atoms with Crippen LogP contribution in [-0.2, 0) is 0 Å². The molecule has 0 bridgehead atoms. The monoisotopic (exact) mass is 543 g/mol. The number of aromatic nitrogens is 2. The molecule has 0 fully saturated rings. The van der Waals surface area contributed by atoms with Crippen molar-refractivity contribution >= 4 is 39.3 Å². The van der Waals surface area contributed by atoms with Crippen molar-refractivity contribution in [1.82, 2.24) is 20.8 Å². The molecule has 2 amide bonds. The van der Waals surface area contributed by atoms with Crippen LogP contribution in [0.1, 0.15) is 34.6 Å². The van der Waals surface area contributed by atoms with Gasteiger partial charge >= 0.3 is 0 Å². The van der Waals surface area contributed by atoms with Gasteiger partial charge < -0.3 is 20.4 Å². The van der Waals surface area contributed by atoms with Crippen LogP contribution in [0.3, 0.4) is 0 Å². The van der Waals surface area contributed by atoms with Crippen molar-refractivity contribution in [3.05, 3.63) is 89.2 Å². The van der Waals surface area contributed by atoms with Gasteiger partial charge in [0.25, 0.3) is 11.8 Å². The Kier molecular flexibility index (Phi) is 7.12. The Morgan fingerprint density at radius 2 is 1.72 bits per heavy atom. The number of carbonyl (C=O) groups is 2. The van der Waals surface area contributed by atoms with Gasteiger partial charge in [-0.2, -0.15) is 0 Å². The lowest BCUT2D eigenvalue weighted by Gasteiger charge is -2.26. The predicted molar refractivity (Wildman–Crippen MR) is 150 cm³/mol. The lowest BCUT2D eigenvalue weighted by molar-refractivity contribution is 0.0915. The molecule has 10 heteroatoms. The number of anilines is 1. The van der Waals surface area contributed by atoms with Crippen molar-refractivity contribution in [3.63, 3.8) is 0 Å². The summed E-state index contributed by atoms with van der Waals surface area (Å²) in [6.45, 7) is 4.33. The fourth-order valence-electron chi connectivity index (χ4n) is 4.24. The highest BCUT2D eigenvalue weighted by atomic mass is 32.1. The van der Waals surface area contributed by atoms with E-state index in [1.54, 1.807) is 36.8 Å². The van der Waals surface area contributed by atoms with E-state index in [0.29, 0.717) is 45.1 Å². The minimum atomic E-state index is -0.548. The van der Waals surface area contributed by atoms with Crippen LogP contribution in [0.25, 0.3) is 33.4 Å². The number of fused-ring (bicyclic) bond motifs is 1. The highest BCUT2D eigenvalue weighted by molar-refractivity contribution is 7.13. The smallest absolute Gasteiger partial charge is 0.255 e. The van der Waals surface area contributed by atoms with Gasteiger partial charge in [0.05, 0.1) is 11.1 Å². The maximum absolute atomic E-state index is 13.5. The molecule has 8 nitrogen and oxygen atoms in total. The van der Waals surface area contributed by atoms with Gasteiger partial charge in [-0.05, 0) is 73.5 Å². The number of hydrogen-bond acceptors (Lipinski definition) is 7. The lowest BCUT2D eigenvalue weighted by atomic mass is 9.98. The Labute approximate surface area is 228 Å². The molecule has 2 heterocycles. The summed E-state index contributed by atoms with van der Waals surface area (Å²) in [6.07, 6.45) is 0. The second kappa shape index (κ2) is 10.7. The van der Waals surface area contributed by atoms with Crippen LogP contribution in [0.15, 0.2) is 76.7 Å². The first kappa shape index (κ1) is 26.1. The van der Waals surface area contributed by atoms with Crippen molar-refractivity contribution in [1.29, 1.82) is 0 Å². The number of carbonyl (C=O) groups excluding carboxylic acids is 2. The summed E-state index contributed by atoms with van der Waals surface area (Å²) in [6, 6.07) is 18.6. The summed E-state index contributed by atoms with van der Waals surface area (Å²) >= 11 is 1.39. The van der Waals surface area contributed by atoms with Crippen LogP contribution in [0.4, 0.5) is 9.52 Å². The average molecular weight is 544 g/mol. The summed E-state index contributed by atoms with van der Waals surface area (Å²) in [5, 5.41) is 18.0. The molecule has 0 aliphatic carbocycles. The maximum atomic E-state index is 13.5. The van der Waals surface area contributed by atoms with Crippen LogP contribution >= 0.6 is 11.3 Å². The Balaban J connectivity index is 1.44. The number of halogens is 1. The zero-order chi connectivity index (χ0) is 27.6. The molecule has 0 saturated carbocycles. The van der Waals surface area contributed by atoms with E-state index in [2.05, 4.69) is 26.1 Å². The lowest BCUT2D eigenvalue weighted by Crippen LogP contribution is -2.48. The van der Waals surface area contributed by atoms with E-state index < -0.39 is 5.54 Å². The largest absolute Gasteiger partial charge is 0.455 e. The number of hydrogen-bond donors (Lipinski definition) is 3. The van der Waals surface area contributed by atoms with Crippen LogP contribution in [-0.4, -0.2) is 41.1 Å². The third-order valence-electron chi connectivity index (χ3n) is 6.20. The first-order valence-corrected chi connectivity index (χ1v) is 13.1. The molecule has 0 radical (unpaired) electrons. The maximum Gasteiger partial charge on any atom is 0.255 e. The van der Waals surface area contributed by atoms with Gasteiger partial charge in [-0.3, -0.25) is 9.59 Å². The van der Waals surface area contributed by atoms with Gasteiger partial charge in [-0.25, -0.2) is 4.39 Å².